The minimum Gasteiger partial charge on any atom is -0.491 e. The Morgan fingerprint density at radius 3 is 2.32 bits per heavy atom. The van der Waals surface area contributed by atoms with E-state index in [1.165, 1.54) is 30.2 Å². The number of imide groups is 1. The van der Waals surface area contributed by atoms with Crippen LogP contribution >= 0.6 is 0 Å². The molecule has 196 valence electrons. The summed E-state index contributed by atoms with van der Waals surface area (Å²) in [6.07, 6.45) is 1.40. The molecule has 3 aromatic carbocycles. The van der Waals surface area contributed by atoms with Crippen LogP contribution in [0.4, 0.5) is 11.4 Å². The summed E-state index contributed by atoms with van der Waals surface area (Å²) in [4.78, 5) is 49.8. The minimum atomic E-state index is -0.579. The lowest BCUT2D eigenvalue weighted by Gasteiger charge is -2.19. The molecule has 1 aliphatic rings. The number of fused-ring (bicyclic) bond motifs is 1. The van der Waals surface area contributed by atoms with Crippen LogP contribution in [0.5, 0.6) is 11.5 Å². The number of carbonyl (C=O) groups excluding carboxylic acids is 3. The van der Waals surface area contributed by atoms with Gasteiger partial charge < -0.3 is 14.8 Å². The van der Waals surface area contributed by atoms with E-state index in [1.54, 1.807) is 48.5 Å². The normalized spacial score (nSPS) is 13.2. The van der Waals surface area contributed by atoms with E-state index in [1.807, 2.05) is 6.92 Å². The molecule has 1 aliphatic heterocycles. The average molecular weight is 518 g/mol. The van der Waals surface area contributed by atoms with Crippen LogP contribution in [0.25, 0.3) is 0 Å². The smallest absolute Gasteiger partial charge is 0.310 e. The fourth-order valence-electron chi connectivity index (χ4n) is 4.28. The van der Waals surface area contributed by atoms with E-state index in [2.05, 4.69) is 5.32 Å². The van der Waals surface area contributed by atoms with Crippen molar-refractivity contribution in [3.05, 3.63) is 93.5 Å². The van der Waals surface area contributed by atoms with E-state index < -0.39 is 10.8 Å². The number of amides is 3. The quantitative estimate of drug-likeness (QED) is 0.165. The third kappa shape index (κ3) is 5.64. The number of hydrogen-bond donors (Lipinski definition) is 1. The van der Waals surface area contributed by atoms with Crippen LogP contribution in [0, 0.1) is 16.0 Å². The van der Waals surface area contributed by atoms with E-state index in [9.17, 15) is 24.5 Å². The van der Waals surface area contributed by atoms with Crippen LogP contribution in [-0.2, 0) is 0 Å². The lowest BCUT2D eigenvalue weighted by atomic mass is 10.1. The highest BCUT2D eigenvalue weighted by atomic mass is 16.6. The lowest BCUT2D eigenvalue weighted by molar-refractivity contribution is -0.385. The first kappa shape index (κ1) is 26.3. The van der Waals surface area contributed by atoms with Gasteiger partial charge >= 0.3 is 5.69 Å². The van der Waals surface area contributed by atoms with Crippen molar-refractivity contribution in [3.8, 4) is 11.5 Å². The molecule has 0 saturated carbocycles. The second-order valence-electron chi connectivity index (χ2n) is 8.96. The molecule has 0 aliphatic carbocycles. The Kier molecular flexibility index (Phi) is 8.00. The van der Waals surface area contributed by atoms with Gasteiger partial charge in [-0.25, -0.2) is 0 Å². The van der Waals surface area contributed by atoms with Crippen molar-refractivity contribution in [2.45, 2.75) is 19.8 Å². The summed E-state index contributed by atoms with van der Waals surface area (Å²) >= 11 is 0. The van der Waals surface area contributed by atoms with Gasteiger partial charge in [0.15, 0.2) is 5.75 Å². The maximum absolute atomic E-state index is 12.8. The van der Waals surface area contributed by atoms with Gasteiger partial charge in [-0.3, -0.25) is 29.4 Å². The van der Waals surface area contributed by atoms with E-state index in [0.29, 0.717) is 42.1 Å². The molecule has 0 radical (unpaired) electrons. The number of rotatable bonds is 11. The number of para-hydroxylation sites is 2. The van der Waals surface area contributed by atoms with Crippen molar-refractivity contribution in [2.75, 3.05) is 25.6 Å². The molecule has 0 spiro atoms. The van der Waals surface area contributed by atoms with Gasteiger partial charge in [-0.1, -0.05) is 31.2 Å². The standard InChI is InChI=1S/C28H27N3O7/c1-18(17-30-27(33)20-9-3-4-10-21(20)28(30)34)8-7-15-38-24-12-6-5-11-22(24)29-26(32)19-13-14-23(31(35)36)25(16-19)37-2/h3-6,9-14,16,18H,7-8,15,17H2,1-2H3,(H,29,32). The van der Waals surface area contributed by atoms with Gasteiger partial charge in [0.05, 0.1) is 35.5 Å². The van der Waals surface area contributed by atoms with E-state index >= 15 is 0 Å². The summed E-state index contributed by atoms with van der Waals surface area (Å²) in [7, 11) is 1.30. The first-order chi connectivity index (χ1) is 18.3. The zero-order valence-corrected chi connectivity index (χ0v) is 21.0. The Balaban J connectivity index is 1.30. The molecule has 10 nitrogen and oxygen atoms in total. The average Bonchev–Trinajstić information content (AvgIpc) is 3.16. The molecular weight excluding hydrogens is 490 g/mol. The van der Waals surface area contributed by atoms with Crippen LogP contribution < -0.4 is 14.8 Å². The third-order valence-corrected chi connectivity index (χ3v) is 6.25. The molecule has 3 aromatic rings. The van der Waals surface area contributed by atoms with Crippen LogP contribution in [-0.4, -0.2) is 47.8 Å². The highest BCUT2D eigenvalue weighted by Gasteiger charge is 2.35. The SMILES string of the molecule is COc1cc(C(=O)Nc2ccccc2OCCCC(C)CN2C(=O)c3ccccc3C2=O)ccc1[N+](=O)[O-]. The van der Waals surface area contributed by atoms with Crippen LogP contribution in [0.15, 0.2) is 66.7 Å². The van der Waals surface area contributed by atoms with Gasteiger partial charge in [-0.05, 0) is 49.1 Å². The van der Waals surface area contributed by atoms with Gasteiger partial charge in [-0.2, -0.15) is 0 Å². The number of benzene rings is 3. The van der Waals surface area contributed by atoms with Crippen molar-refractivity contribution in [1.82, 2.24) is 4.90 Å². The molecule has 1 unspecified atom stereocenters. The minimum absolute atomic E-state index is 0.0116. The van der Waals surface area contributed by atoms with Gasteiger partial charge in [0.1, 0.15) is 5.75 Å². The molecule has 38 heavy (non-hydrogen) atoms. The number of nitrogens with zero attached hydrogens (tertiary/aromatic N) is 2. The van der Waals surface area contributed by atoms with Crippen molar-refractivity contribution in [3.63, 3.8) is 0 Å². The van der Waals surface area contributed by atoms with Crippen LogP contribution in [0.2, 0.25) is 0 Å². The van der Waals surface area contributed by atoms with E-state index in [-0.39, 0.29) is 34.7 Å². The Morgan fingerprint density at radius 2 is 1.66 bits per heavy atom. The fraction of sp³-hybridized carbons (Fsp3) is 0.250. The molecule has 1 atom stereocenters. The van der Waals surface area contributed by atoms with Crippen LogP contribution in [0.3, 0.4) is 0 Å². The third-order valence-electron chi connectivity index (χ3n) is 6.25. The largest absolute Gasteiger partial charge is 0.491 e. The highest BCUT2D eigenvalue weighted by Crippen LogP contribution is 2.30. The summed E-state index contributed by atoms with van der Waals surface area (Å²) in [6, 6.07) is 17.7. The number of nitro groups is 1. The number of carbonyl (C=O) groups is 3. The molecule has 1 N–H and O–H groups in total. The monoisotopic (exact) mass is 517 g/mol. The molecule has 0 bridgehead atoms. The van der Waals surface area contributed by atoms with Gasteiger partial charge in [0.2, 0.25) is 0 Å². The van der Waals surface area contributed by atoms with Crippen LogP contribution in [0.1, 0.15) is 50.8 Å². The number of ether oxygens (including phenoxy) is 2. The predicted molar refractivity (Wildman–Crippen MR) is 140 cm³/mol. The zero-order chi connectivity index (χ0) is 27.2. The molecule has 3 amide bonds. The zero-order valence-electron chi connectivity index (χ0n) is 21.0. The van der Waals surface area contributed by atoms with E-state index in [4.69, 9.17) is 9.47 Å². The Bertz CT molecular complexity index is 1350. The Hall–Kier alpha value is -4.73. The molecule has 10 heteroatoms. The fourth-order valence-corrected chi connectivity index (χ4v) is 4.28. The van der Waals surface area contributed by atoms with E-state index in [0.717, 1.165) is 6.42 Å². The summed E-state index contributed by atoms with van der Waals surface area (Å²) in [6.45, 7) is 2.68. The topological polar surface area (TPSA) is 128 Å². The lowest BCUT2D eigenvalue weighted by Crippen LogP contribution is -2.34. The molecular formula is C28H27N3O7. The number of hydrogen-bond acceptors (Lipinski definition) is 7. The number of nitrogens with one attached hydrogen (secondary N) is 1. The van der Waals surface area contributed by atoms with Gasteiger partial charge in [-0.15, -0.1) is 0 Å². The second kappa shape index (κ2) is 11.5. The van der Waals surface area contributed by atoms with Gasteiger partial charge in [0.25, 0.3) is 17.7 Å². The number of nitro benzene ring substituents is 1. The Morgan fingerprint density at radius 1 is 1.00 bits per heavy atom. The van der Waals surface area contributed by atoms with Gasteiger partial charge in [0, 0.05) is 24.2 Å². The predicted octanol–water partition coefficient (Wildman–Crippen LogP) is 4.95. The highest BCUT2D eigenvalue weighted by molar-refractivity contribution is 6.21. The van der Waals surface area contributed by atoms with Crippen molar-refractivity contribution >= 4 is 29.1 Å². The van der Waals surface area contributed by atoms with Crippen molar-refractivity contribution in [1.29, 1.82) is 0 Å². The Labute approximate surface area is 219 Å². The van der Waals surface area contributed by atoms with Crippen molar-refractivity contribution < 1.29 is 28.8 Å². The molecule has 4 rings (SSSR count). The number of methoxy groups -OCH3 is 1. The second-order valence-corrected chi connectivity index (χ2v) is 8.96. The summed E-state index contributed by atoms with van der Waals surface area (Å²) in [5.41, 5.74) is 1.31. The first-order valence-electron chi connectivity index (χ1n) is 12.1. The summed E-state index contributed by atoms with van der Waals surface area (Å²) < 4.78 is 10.9. The maximum atomic E-state index is 12.8. The van der Waals surface area contributed by atoms with Crippen molar-refractivity contribution in [2.24, 2.45) is 5.92 Å². The maximum Gasteiger partial charge on any atom is 0.310 e. The molecule has 0 saturated heterocycles. The number of anilines is 1. The molecule has 0 aromatic heterocycles. The summed E-state index contributed by atoms with van der Waals surface area (Å²) in [5, 5.41) is 13.9. The molecule has 1 heterocycles. The summed E-state index contributed by atoms with van der Waals surface area (Å²) in [5.74, 6) is -0.449. The molecule has 0 fully saturated rings. The first-order valence-corrected chi connectivity index (χ1v) is 12.1.